The van der Waals surface area contributed by atoms with Gasteiger partial charge in [0.15, 0.2) is 0 Å². The molecule has 0 saturated carbocycles. The van der Waals surface area contributed by atoms with Gasteiger partial charge in [-0.05, 0) is 37.0 Å². The number of thiazole rings is 1. The van der Waals surface area contributed by atoms with Gasteiger partial charge in [-0.1, -0.05) is 24.2 Å². The SMILES string of the molecule is CCc1nc(-c2ccc3c(c2)CCC3NC(=O)c2csc(C)n2)no1. The molecular weight excluding hydrogens is 336 g/mol. The Kier molecular flexibility index (Phi) is 4.09. The largest absolute Gasteiger partial charge is 0.344 e. The van der Waals surface area contributed by atoms with Crippen LogP contribution in [-0.2, 0) is 12.8 Å². The number of nitrogens with zero attached hydrogens (tertiary/aromatic N) is 3. The highest BCUT2D eigenvalue weighted by Gasteiger charge is 2.25. The van der Waals surface area contributed by atoms with E-state index in [0.717, 1.165) is 35.4 Å². The first kappa shape index (κ1) is 16.0. The predicted molar refractivity (Wildman–Crippen MR) is 94.5 cm³/mol. The minimum absolute atomic E-state index is 0.0232. The number of aryl methyl sites for hydroxylation is 3. The topological polar surface area (TPSA) is 80.9 Å². The van der Waals surface area contributed by atoms with Crippen molar-refractivity contribution in [1.29, 1.82) is 0 Å². The van der Waals surface area contributed by atoms with E-state index in [0.29, 0.717) is 17.4 Å². The van der Waals surface area contributed by atoms with Gasteiger partial charge in [-0.15, -0.1) is 11.3 Å². The molecule has 2 heterocycles. The van der Waals surface area contributed by atoms with E-state index in [9.17, 15) is 4.79 Å². The first-order chi connectivity index (χ1) is 12.1. The number of fused-ring (bicyclic) bond motifs is 1. The lowest BCUT2D eigenvalue weighted by atomic mass is 10.0. The fourth-order valence-corrected chi connectivity index (χ4v) is 3.72. The Morgan fingerprint density at radius 3 is 3.00 bits per heavy atom. The van der Waals surface area contributed by atoms with Crippen LogP contribution in [0.2, 0.25) is 0 Å². The Morgan fingerprint density at radius 1 is 1.40 bits per heavy atom. The lowest BCUT2D eigenvalue weighted by Gasteiger charge is -2.13. The van der Waals surface area contributed by atoms with Crippen molar-refractivity contribution >= 4 is 17.2 Å². The van der Waals surface area contributed by atoms with E-state index in [2.05, 4.69) is 32.6 Å². The van der Waals surface area contributed by atoms with Crippen molar-refractivity contribution in [3.63, 3.8) is 0 Å². The van der Waals surface area contributed by atoms with E-state index in [1.54, 1.807) is 5.38 Å². The monoisotopic (exact) mass is 354 g/mol. The Morgan fingerprint density at radius 2 is 2.28 bits per heavy atom. The van der Waals surface area contributed by atoms with Crippen LogP contribution in [0.25, 0.3) is 11.4 Å². The van der Waals surface area contributed by atoms with E-state index in [1.807, 2.05) is 19.9 Å². The summed E-state index contributed by atoms with van der Waals surface area (Å²) in [7, 11) is 0. The van der Waals surface area contributed by atoms with Crippen LogP contribution in [0, 0.1) is 6.92 Å². The molecule has 0 bridgehead atoms. The molecule has 128 valence electrons. The van der Waals surface area contributed by atoms with Gasteiger partial charge in [0.05, 0.1) is 11.0 Å². The molecule has 0 spiro atoms. The first-order valence-electron chi connectivity index (χ1n) is 8.33. The van der Waals surface area contributed by atoms with E-state index in [4.69, 9.17) is 4.52 Å². The summed E-state index contributed by atoms with van der Waals surface area (Å²) in [5, 5.41) is 9.82. The number of benzene rings is 1. The molecule has 1 unspecified atom stereocenters. The van der Waals surface area contributed by atoms with Gasteiger partial charge >= 0.3 is 0 Å². The normalized spacial score (nSPS) is 16.0. The summed E-state index contributed by atoms with van der Waals surface area (Å²) in [6.07, 6.45) is 2.53. The van der Waals surface area contributed by atoms with Gasteiger partial charge in [-0.2, -0.15) is 4.98 Å². The lowest BCUT2D eigenvalue weighted by Crippen LogP contribution is -2.27. The average Bonchev–Trinajstić information content (AvgIpc) is 3.34. The highest BCUT2D eigenvalue weighted by molar-refractivity contribution is 7.09. The lowest BCUT2D eigenvalue weighted by molar-refractivity contribution is 0.0932. The molecule has 1 N–H and O–H groups in total. The molecule has 1 amide bonds. The van der Waals surface area contributed by atoms with Crippen molar-refractivity contribution in [3.05, 3.63) is 51.3 Å². The van der Waals surface area contributed by atoms with Gasteiger partial charge < -0.3 is 9.84 Å². The van der Waals surface area contributed by atoms with Gasteiger partial charge in [-0.25, -0.2) is 4.98 Å². The zero-order valence-corrected chi connectivity index (χ0v) is 14.9. The third-order valence-corrected chi connectivity index (χ3v) is 5.18. The predicted octanol–water partition coefficient (Wildman–Crippen LogP) is 3.48. The summed E-state index contributed by atoms with van der Waals surface area (Å²) in [6, 6.07) is 6.16. The molecule has 0 saturated heterocycles. The van der Waals surface area contributed by atoms with Gasteiger partial charge in [0.25, 0.3) is 5.91 Å². The van der Waals surface area contributed by atoms with Crippen LogP contribution >= 0.6 is 11.3 Å². The second-order valence-corrected chi connectivity index (χ2v) is 7.16. The summed E-state index contributed by atoms with van der Waals surface area (Å²) in [5.74, 6) is 1.14. The molecule has 4 rings (SSSR count). The zero-order chi connectivity index (χ0) is 17.4. The minimum atomic E-state index is -0.114. The number of carbonyl (C=O) groups is 1. The maximum Gasteiger partial charge on any atom is 0.271 e. The van der Waals surface area contributed by atoms with Crippen LogP contribution in [0.4, 0.5) is 0 Å². The highest BCUT2D eigenvalue weighted by atomic mass is 32.1. The van der Waals surface area contributed by atoms with E-state index < -0.39 is 0 Å². The number of hydrogen-bond acceptors (Lipinski definition) is 6. The quantitative estimate of drug-likeness (QED) is 0.776. The summed E-state index contributed by atoms with van der Waals surface area (Å²) >= 11 is 1.48. The molecular formula is C18H18N4O2S. The van der Waals surface area contributed by atoms with Crippen LogP contribution in [0.5, 0.6) is 0 Å². The number of rotatable bonds is 4. The van der Waals surface area contributed by atoms with E-state index in [1.165, 1.54) is 16.9 Å². The molecule has 1 aromatic carbocycles. The number of nitrogens with one attached hydrogen (secondary N) is 1. The van der Waals surface area contributed by atoms with Gasteiger partial charge in [-0.3, -0.25) is 4.79 Å². The molecule has 1 aliphatic carbocycles. The third kappa shape index (κ3) is 3.07. The van der Waals surface area contributed by atoms with Gasteiger partial charge in [0.2, 0.25) is 11.7 Å². The molecule has 2 aromatic heterocycles. The fraction of sp³-hybridized carbons (Fsp3) is 0.333. The van der Waals surface area contributed by atoms with Crippen LogP contribution in [0.3, 0.4) is 0 Å². The van der Waals surface area contributed by atoms with Crippen LogP contribution in [0.15, 0.2) is 28.1 Å². The summed E-state index contributed by atoms with van der Waals surface area (Å²) in [5.41, 5.74) is 3.82. The molecule has 0 aliphatic heterocycles. The molecule has 25 heavy (non-hydrogen) atoms. The second kappa shape index (κ2) is 6.40. The highest BCUT2D eigenvalue weighted by Crippen LogP contribution is 2.34. The molecule has 6 nitrogen and oxygen atoms in total. The summed E-state index contributed by atoms with van der Waals surface area (Å²) in [6.45, 7) is 3.88. The first-order valence-corrected chi connectivity index (χ1v) is 9.20. The second-order valence-electron chi connectivity index (χ2n) is 6.10. The Bertz CT molecular complexity index is 931. The average molecular weight is 354 g/mol. The van der Waals surface area contributed by atoms with Crippen LogP contribution in [0.1, 0.15) is 51.9 Å². The van der Waals surface area contributed by atoms with Crippen molar-refractivity contribution in [2.75, 3.05) is 0 Å². The van der Waals surface area contributed by atoms with Crippen molar-refractivity contribution < 1.29 is 9.32 Å². The van der Waals surface area contributed by atoms with Crippen molar-refractivity contribution in [3.8, 4) is 11.4 Å². The van der Waals surface area contributed by atoms with Crippen LogP contribution in [-0.4, -0.2) is 21.0 Å². The van der Waals surface area contributed by atoms with Gasteiger partial charge in [0, 0.05) is 17.4 Å². The Labute approximate surface area is 149 Å². The minimum Gasteiger partial charge on any atom is -0.344 e. The fourth-order valence-electron chi connectivity index (χ4n) is 3.12. The molecule has 1 aliphatic rings. The standard InChI is InChI=1S/C18H18N4O2S/c1-3-16-21-17(22-24-16)12-4-6-13-11(8-12)5-7-14(13)20-18(23)15-9-25-10(2)19-15/h4,6,8-9,14H,3,5,7H2,1-2H3,(H,20,23). The van der Waals surface area contributed by atoms with Crippen molar-refractivity contribution in [1.82, 2.24) is 20.4 Å². The smallest absolute Gasteiger partial charge is 0.271 e. The molecule has 3 aromatic rings. The van der Waals surface area contributed by atoms with E-state index in [-0.39, 0.29) is 11.9 Å². The summed E-state index contributed by atoms with van der Waals surface area (Å²) in [4.78, 5) is 21.0. The zero-order valence-electron chi connectivity index (χ0n) is 14.1. The molecule has 0 radical (unpaired) electrons. The molecule has 1 atom stereocenters. The van der Waals surface area contributed by atoms with E-state index >= 15 is 0 Å². The molecule has 0 fully saturated rings. The number of hydrogen-bond donors (Lipinski definition) is 1. The Hall–Kier alpha value is -2.54. The van der Waals surface area contributed by atoms with Crippen molar-refractivity contribution in [2.24, 2.45) is 0 Å². The summed E-state index contributed by atoms with van der Waals surface area (Å²) < 4.78 is 5.19. The maximum absolute atomic E-state index is 12.3. The van der Waals surface area contributed by atoms with Crippen molar-refractivity contribution in [2.45, 2.75) is 39.2 Å². The number of aromatic nitrogens is 3. The number of carbonyl (C=O) groups excluding carboxylic acids is 1. The van der Waals surface area contributed by atoms with Gasteiger partial charge in [0.1, 0.15) is 5.69 Å². The number of amides is 1. The molecule has 7 heteroatoms. The Balaban J connectivity index is 1.54. The maximum atomic E-state index is 12.3. The third-order valence-electron chi connectivity index (χ3n) is 4.41. The van der Waals surface area contributed by atoms with Crippen LogP contribution < -0.4 is 5.32 Å².